The van der Waals surface area contributed by atoms with Crippen molar-refractivity contribution in [1.82, 2.24) is 15.5 Å². The molecule has 4 atom stereocenters. The molecule has 1 aromatic carbocycles. The highest BCUT2D eigenvalue weighted by atomic mass is 32.1. The molecule has 25 heavy (non-hydrogen) atoms. The first kappa shape index (κ1) is 18.7. The molecule has 1 saturated heterocycles. The van der Waals surface area contributed by atoms with Gasteiger partial charge in [-0.1, -0.05) is 44.5 Å². The van der Waals surface area contributed by atoms with Gasteiger partial charge in [0.1, 0.15) is 0 Å². The number of nitrogens with one attached hydrogen (secondary N) is 2. The lowest BCUT2D eigenvalue weighted by Gasteiger charge is -2.34. The average Bonchev–Trinajstić information content (AvgIpc) is 3.06. The molecule has 2 aliphatic rings. The smallest absolute Gasteiger partial charge is 0.240 e. The summed E-state index contributed by atoms with van der Waals surface area (Å²) >= 11 is 4.54. The molecule has 0 saturated carbocycles. The zero-order valence-corrected chi connectivity index (χ0v) is 16.3. The van der Waals surface area contributed by atoms with Gasteiger partial charge in [0, 0.05) is 37.5 Å². The highest BCUT2D eigenvalue weighted by Gasteiger charge is 2.31. The zero-order chi connectivity index (χ0) is 17.8. The van der Waals surface area contributed by atoms with Crippen LogP contribution in [-0.4, -0.2) is 47.8 Å². The number of amides is 1. The van der Waals surface area contributed by atoms with Crippen molar-refractivity contribution >= 4 is 18.5 Å². The second-order valence-electron chi connectivity index (χ2n) is 7.54. The fourth-order valence-electron chi connectivity index (χ4n) is 3.87. The van der Waals surface area contributed by atoms with Crippen molar-refractivity contribution < 1.29 is 4.79 Å². The second kappa shape index (κ2) is 8.56. The number of carbonyl (C=O) groups excluding carboxylic acids is 1. The van der Waals surface area contributed by atoms with Gasteiger partial charge < -0.3 is 15.5 Å². The van der Waals surface area contributed by atoms with Crippen LogP contribution in [0.4, 0.5) is 0 Å². The third kappa shape index (κ3) is 4.57. The fraction of sp³-hybridized carbons (Fsp3) is 0.650. The van der Waals surface area contributed by atoms with Gasteiger partial charge in [0.05, 0.1) is 6.04 Å². The van der Waals surface area contributed by atoms with Crippen LogP contribution in [0.15, 0.2) is 24.3 Å². The summed E-state index contributed by atoms with van der Waals surface area (Å²) in [6.07, 6.45) is 3.02. The lowest BCUT2D eigenvalue weighted by Crippen LogP contribution is -2.53. The van der Waals surface area contributed by atoms with Gasteiger partial charge in [-0.05, 0) is 29.9 Å². The maximum absolute atomic E-state index is 13.2. The number of nitrogens with zero attached hydrogens (tertiary/aromatic N) is 1. The normalized spacial score (nSPS) is 25.5. The second-order valence-corrected chi connectivity index (χ2v) is 8.27. The number of fused-ring (bicyclic) bond motifs is 1. The maximum atomic E-state index is 13.2. The highest BCUT2D eigenvalue weighted by molar-refractivity contribution is 7.81. The van der Waals surface area contributed by atoms with E-state index in [1.54, 1.807) is 0 Å². The van der Waals surface area contributed by atoms with E-state index in [2.05, 4.69) is 61.4 Å². The third-order valence-corrected chi connectivity index (χ3v) is 6.10. The number of thiol groups is 1. The number of benzene rings is 1. The average molecular weight is 362 g/mol. The number of hydrogen-bond acceptors (Lipinski definition) is 4. The van der Waals surface area contributed by atoms with Crippen LogP contribution >= 0.6 is 12.6 Å². The van der Waals surface area contributed by atoms with Crippen molar-refractivity contribution in [3.63, 3.8) is 0 Å². The van der Waals surface area contributed by atoms with E-state index in [0.717, 1.165) is 45.4 Å². The van der Waals surface area contributed by atoms with E-state index in [-0.39, 0.29) is 11.9 Å². The highest BCUT2D eigenvalue weighted by Crippen LogP contribution is 2.21. The molecule has 2 aliphatic heterocycles. The van der Waals surface area contributed by atoms with E-state index >= 15 is 0 Å². The Bertz CT molecular complexity index is 594. The third-order valence-electron chi connectivity index (χ3n) is 5.70. The molecule has 1 aromatic rings. The molecule has 0 radical (unpaired) electrons. The summed E-state index contributed by atoms with van der Waals surface area (Å²) in [5.41, 5.74) is 2.68. The van der Waals surface area contributed by atoms with Gasteiger partial charge >= 0.3 is 0 Å². The summed E-state index contributed by atoms with van der Waals surface area (Å²) in [5.74, 6) is 0.585. The summed E-state index contributed by atoms with van der Waals surface area (Å²) < 4.78 is 0. The van der Waals surface area contributed by atoms with Crippen molar-refractivity contribution in [2.45, 2.75) is 57.0 Å². The Morgan fingerprint density at radius 1 is 1.40 bits per heavy atom. The standard InChI is InChI=1S/C20H31N3OS/c1-3-14(2)19(22-11-17-10-18(25)12-21-17)20(24)23-9-8-15-6-4-5-7-16(15)13-23/h4-7,14,17-19,21-22,25H,3,8-13H2,1-2H3/t14-,17-,18-,19-/m0/s1. The monoisotopic (exact) mass is 361 g/mol. The SMILES string of the molecule is CC[C@H](C)[C@H](NC[C@@H]1C[C@H](S)CN1)C(=O)N1CCc2ccccc2C1. The first-order valence-electron chi connectivity index (χ1n) is 9.59. The lowest BCUT2D eigenvalue weighted by atomic mass is 9.94. The Labute approximate surface area is 157 Å². The Balaban J connectivity index is 1.63. The number of carbonyl (C=O) groups is 1. The zero-order valence-electron chi connectivity index (χ0n) is 15.4. The maximum Gasteiger partial charge on any atom is 0.240 e. The summed E-state index contributed by atoms with van der Waals surface area (Å²) in [5, 5.41) is 7.49. The van der Waals surface area contributed by atoms with Crippen LogP contribution in [0.3, 0.4) is 0 Å². The minimum atomic E-state index is -0.101. The minimum absolute atomic E-state index is 0.101. The predicted molar refractivity (Wildman–Crippen MR) is 106 cm³/mol. The van der Waals surface area contributed by atoms with Crippen molar-refractivity contribution in [2.24, 2.45) is 5.92 Å². The van der Waals surface area contributed by atoms with Crippen LogP contribution in [0, 0.1) is 5.92 Å². The molecule has 2 heterocycles. The van der Waals surface area contributed by atoms with Gasteiger partial charge in [0.15, 0.2) is 0 Å². The van der Waals surface area contributed by atoms with Crippen LogP contribution < -0.4 is 10.6 Å². The molecule has 0 bridgehead atoms. The van der Waals surface area contributed by atoms with Crippen LogP contribution in [0.1, 0.15) is 37.8 Å². The fourth-order valence-corrected chi connectivity index (χ4v) is 4.23. The van der Waals surface area contributed by atoms with Crippen molar-refractivity contribution in [1.29, 1.82) is 0 Å². The summed E-state index contributed by atoms with van der Waals surface area (Å²) in [6.45, 7) is 7.70. The Morgan fingerprint density at radius 3 is 2.84 bits per heavy atom. The molecule has 138 valence electrons. The van der Waals surface area contributed by atoms with E-state index in [9.17, 15) is 4.79 Å². The van der Waals surface area contributed by atoms with Crippen molar-refractivity contribution in [3.8, 4) is 0 Å². The molecule has 1 amide bonds. The number of rotatable bonds is 6. The molecule has 0 aromatic heterocycles. The van der Waals surface area contributed by atoms with E-state index < -0.39 is 0 Å². The lowest BCUT2D eigenvalue weighted by molar-refractivity contribution is -0.135. The van der Waals surface area contributed by atoms with Crippen molar-refractivity contribution in [2.75, 3.05) is 19.6 Å². The van der Waals surface area contributed by atoms with Crippen LogP contribution in [-0.2, 0) is 17.8 Å². The van der Waals surface area contributed by atoms with Gasteiger partial charge in [-0.15, -0.1) is 0 Å². The Kier molecular flexibility index (Phi) is 6.42. The molecule has 5 heteroatoms. The Morgan fingerprint density at radius 2 is 2.16 bits per heavy atom. The molecule has 1 fully saturated rings. The van der Waals surface area contributed by atoms with Gasteiger partial charge in [-0.2, -0.15) is 12.6 Å². The molecule has 4 nitrogen and oxygen atoms in total. The molecule has 2 N–H and O–H groups in total. The van der Waals surface area contributed by atoms with E-state index in [4.69, 9.17) is 0 Å². The molecule has 0 aliphatic carbocycles. The van der Waals surface area contributed by atoms with E-state index in [0.29, 0.717) is 17.2 Å². The summed E-state index contributed by atoms with van der Waals surface area (Å²) in [6, 6.07) is 8.80. The molecule has 0 spiro atoms. The minimum Gasteiger partial charge on any atom is -0.337 e. The largest absolute Gasteiger partial charge is 0.337 e. The summed E-state index contributed by atoms with van der Waals surface area (Å²) in [4.78, 5) is 15.2. The van der Waals surface area contributed by atoms with Gasteiger partial charge in [-0.25, -0.2) is 0 Å². The van der Waals surface area contributed by atoms with E-state index in [1.807, 2.05) is 4.90 Å². The molecular formula is C20H31N3OS. The summed E-state index contributed by atoms with van der Waals surface area (Å²) in [7, 11) is 0. The van der Waals surface area contributed by atoms with Crippen LogP contribution in [0.2, 0.25) is 0 Å². The predicted octanol–water partition coefficient (Wildman–Crippen LogP) is 2.24. The van der Waals surface area contributed by atoms with Crippen molar-refractivity contribution in [3.05, 3.63) is 35.4 Å². The van der Waals surface area contributed by atoms with Crippen LogP contribution in [0.25, 0.3) is 0 Å². The van der Waals surface area contributed by atoms with Gasteiger partial charge in [0.2, 0.25) is 5.91 Å². The molecule has 3 rings (SSSR count). The Hall–Kier alpha value is -1.04. The molecule has 0 unspecified atom stereocenters. The van der Waals surface area contributed by atoms with Gasteiger partial charge in [0.25, 0.3) is 0 Å². The first-order chi connectivity index (χ1) is 12.1. The van der Waals surface area contributed by atoms with E-state index in [1.165, 1.54) is 11.1 Å². The quantitative estimate of drug-likeness (QED) is 0.681. The van der Waals surface area contributed by atoms with Crippen LogP contribution in [0.5, 0.6) is 0 Å². The number of hydrogen-bond donors (Lipinski definition) is 3. The van der Waals surface area contributed by atoms with Gasteiger partial charge in [-0.3, -0.25) is 4.79 Å². The first-order valence-corrected chi connectivity index (χ1v) is 10.1. The molecular weight excluding hydrogens is 330 g/mol. The topological polar surface area (TPSA) is 44.4 Å².